The molecule has 2 N–H and O–H groups in total. The van der Waals surface area contributed by atoms with Crippen molar-refractivity contribution in [2.24, 2.45) is 0 Å². The molecule has 0 amide bonds. The van der Waals surface area contributed by atoms with Crippen molar-refractivity contribution in [3.8, 4) is 0 Å². The van der Waals surface area contributed by atoms with Crippen LogP contribution >= 0.6 is 0 Å². The molecule has 2 fully saturated rings. The molecule has 4 heterocycles. The maximum absolute atomic E-state index is 4.35. The second-order valence-corrected chi connectivity index (χ2v) is 7.45. The summed E-state index contributed by atoms with van der Waals surface area (Å²) >= 11 is 0. The molecule has 0 saturated carbocycles. The molecule has 0 aromatic carbocycles. The van der Waals surface area contributed by atoms with Crippen molar-refractivity contribution in [2.75, 3.05) is 0 Å². The highest BCUT2D eigenvalue weighted by molar-refractivity contribution is 5.74. The zero-order chi connectivity index (χ0) is 17.1. The summed E-state index contributed by atoms with van der Waals surface area (Å²) in [4.78, 5) is 8.71. The number of rotatable bonds is 0. The zero-order valence-corrected chi connectivity index (χ0v) is 15.3. The van der Waals surface area contributed by atoms with Gasteiger partial charge in [0.2, 0.25) is 0 Å². The molecule has 130 valence electrons. The highest BCUT2D eigenvalue weighted by Crippen LogP contribution is 2.22. The molecule has 24 heavy (non-hydrogen) atoms. The van der Waals surface area contributed by atoms with Gasteiger partial charge in [0.05, 0.1) is 11.0 Å². The predicted molar refractivity (Wildman–Crippen MR) is 100 cm³/mol. The smallest absolute Gasteiger partial charge is 0.0890 e. The van der Waals surface area contributed by atoms with E-state index in [0.29, 0.717) is 0 Å². The Labute approximate surface area is 145 Å². The van der Waals surface area contributed by atoms with Crippen LogP contribution in [0, 0.1) is 13.8 Å². The van der Waals surface area contributed by atoms with E-state index in [1.54, 1.807) is 0 Å². The first-order valence-electron chi connectivity index (χ1n) is 9.24. The number of hydrogen-bond acceptors (Lipinski definition) is 4. The number of fused-ring (bicyclic) bond motifs is 2. The fourth-order valence-corrected chi connectivity index (χ4v) is 3.77. The molecule has 4 heteroatoms. The highest BCUT2D eigenvalue weighted by atomic mass is 15.1. The van der Waals surface area contributed by atoms with Crippen molar-refractivity contribution in [3.63, 3.8) is 0 Å². The highest BCUT2D eigenvalue weighted by Gasteiger charge is 2.31. The third-order valence-corrected chi connectivity index (χ3v) is 5.13. The molecule has 0 radical (unpaired) electrons. The molecule has 2 aromatic heterocycles. The summed E-state index contributed by atoms with van der Waals surface area (Å²) in [6, 6.07) is 11.0. The van der Waals surface area contributed by atoms with Crippen LogP contribution in [0.1, 0.15) is 50.9 Å². The number of pyridine rings is 2. The lowest BCUT2D eigenvalue weighted by molar-refractivity contribution is 0.192. The molecule has 2 aliphatic rings. The van der Waals surface area contributed by atoms with E-state index in [0.717, 1.165) is 46.6 Å². The number of nitrogens with zero attached hydrogens (tertiary/aromatic N) is 2. The predicted octanol–water partition coefficient (Wildman–Crippen LogP) is 3.51. The van der Waals surface area contributed by atoms with E-state index in [1.807, 2.05) is 38.1 Å². The van der Waals surface area contributed by atoms with Gasteiger partial charge in [0.25, 0.3) is 0 Å². The van der Waals surface area contributed by atoms with E-state index in [2.05, 4.69) is 34.4 Å². The molecular formula is C20H30N4. The van der Waals surface area contributed by atoms with Crippen LogP contribution in [-0.2, 0) is 0 Å². The standard InChI is InChI=1S/C10H20N2.C10H10N2/c2*1-7-3-5-10-9(11-7)6-4-8(2)12-10/h7-12H,3-6H2,1-2H3;3-6H,1-2H3. The number of aromatic nitrogens is 2. The molecule has 0 bridgehead atoms. The first-order chi connectivity index (χ1) is 11.5. The lowest BCUT2D eigenvalue weighted by Gasteiger charge is -2.42. The Bertz CT molecular complexity index is 625. The largest absolute Gasteiger partial charge is 0.310 e. The maximum Gasteiger partial charge on any atom is 0.0890 e. The summed E-state index contributed by atoms with van der Waals surface area (Å²) in [7, 11) is 0. The minimum atomic E-state index is 0.737. The molecule has 2 saturated heterocycles. The molecular weight excluding hydrogens is 296 g/mol. The van der Waals surface area contributed by atoms with Crippen molar-refractivity contribution < 1.29 is 0 Å². The summed E-state index contributed by atoms with van der Waals surface area (Å²) < 4.78 is 0. The average Bonchev–Trinajstić information content (AvgIpc) is 2.56. The quantitative estimate of drug-likeness (QED) is 0.778. The van der Waals surface area contributed by atoms with Crippen LogP contribution in [0.25, 0.3) is 11.0 Å². The number of aryl methyl sites for hydroxylation is 2. The zero-order valence-electron chi connectivity index (χ0n) is 15.3. The second kappa shape index (κ2) is 7.58. The first-order valence-corrected chi connectivity index (χ1v) is 9.24. The topological polar surface area (TPSA) is 49.8 Å². The summed E-state index contributed by atoms with van der Waals surface area (Å²) in [5.74, 6) is 0. The Hall–Kier alpha value is -1.52. The summed E-state index contributed by atoms with van der Waals surface area (Å²) in [5.41, 5.74) is 4.02. The molecule has 2 aliphatic heterocycles. The SMILES string of the molecule is CC1CCC2NC(C)CCC2N1.Cc1ccc2nc(C)ccc2n1. The molecule has 4 atom stereocenters. The third kappa shape index (κ3) is 4.31. The lowest BCUT2D eigenvalue weighted by Crippen LogP contribution is -2.59. The lowest BCUT2D eigenvalue weighted by atomic mass is 9.86. The van der Waals surface area contributed by atoms with Crippen LogP contribution in [0.4, 0.5) is 0 Å². The number of piperidine rings is 2. The Morgan fingerprint density at radius 1 is 0.708 bits per heavy atom. The van der Waals surface area contributed by atoms with Gasteiger partial charge in [0, 0.05) is 35.6 Å². The molecule has 0 aliphatic carbocycles. The third-order valence-electron chi connectivity index (χ3n) is 5.13. The van der Waals surface area contributed by atoms with Gasteiger partial charge in [-0.3, -0.25) is 9.97 Å². The van der Waals surface area contributed by atoms with E-state index in [9.17, 15) is 0 Å². The van der Waals surface area contributed by atoms with Crippen LogP contribution in [0.15, 0.2) is 24.3 Å². The maximum atomic E-state index is 4.35. The van der Waals surface area contributed by atoms with Crippen molar-refractivity contribution in [1.82, 2.24) is 20.6 Å². The van der Waals surface area contributed by atoms with E-state index < -0.39 is 0 Å². The Kier molecular flexibility index (Phi) is 5.47. The summed E-state index contributed by atoms with van der Waals surface area (Å²) in [6.07, 6.45) is 5.40. The van der Waals surface area contributed by atoms with Crippen molar-refractivity contribution in [1.29, 1.82) is 0 Å². The van der Waals surface area contributed by atoms with E-state index in [-0.39, 0.29) is 0 Å². The fourth-order valence-electron chi connectivity index (χ4n) is 3.77. The second-order valence-electron chi connectivity index (χ2n) is 7.45. The van der Waals surface area contributed by atoms with Gasteiger partial charge in [-0.2, -0.15) is 0 Å². The van der Waals surface area contributed by atoms with Gasteiger partial charge >= 0.3 is 0 Å². The fraction of sp³-hybridized carbons (Fsp3) is 0.600. The van der Waals surface area contributed by atoms with Gasteiger partial charge in [-0.05, 0) is 77.6 Å². The molecule has 4 rings (SSSR count). The summed E-state index contributed by atoms with van der Waals surface area (Å²) in [5, 5.41) is 7.35. The van der Waals surface area contributed by atoms with Crippen molar-refractivity contribution in [2.45, 2.75) is 77.5 Å². The van der Waals surface area contributed by atoms with Gasteiger partial charge in [0.1, 0.15) is 0 Å². The molecule has 0 spiro atoms. The van der Waals surface area contributed by atoms with Gasteiger partial charge in [-0.1, -0.05) is 0 Å². The van der Waals surface area contributed by atoms with Gasteiger partial charge in [-0.15, -0.1) is 0 Å². The van der Waals surface area contributed by atoms with Crippen LogP contribution in [-0.4, -0.2) is 34.1 Å². The monoisotopic (exact) mass is 326 g/mol. The Morgan fingerprint density at radius 2 is 1.12 bits per heavy atom. The minimum absolute atomic E-state index is 0.737. The van der Waals surface area contributed by atoms with E-state index in [4.69, 9.17) is 0 Å². The molecule has 4 unspecified atom stereocenters. The van der Waals surface area contributed by atoms with Crippen LogP contribution in [0.5, 0.6) is 0 Å². The normalized spacial score (nSPS) is 29.5. The average molecular weight is 326 g/mol. The van der Waals surface area contributed by atoms with Crippen molar-refractivity contribution in [3.05, 3.63) is 35.7 Å². The number of hydrogen-bond donors (Lipinski definition) is 2. The van der Waals surface area contributed by atoms with E-state index >= 15 is 0 Å². The van der Waals surface area contributed by atoms with Gasteiger partial charge in [0.15, 0.2) is 0 Å². The molecule has 2 aromatic rings. The van der Waals surface area contributed by atoms with Crippen molar-refractivity contribution >= 4 is 11.0 Å². The van der Waals surface area contributed by atoms with Gasteiger partial charge < -0.3 is 10.6 Å². The van der Waals surface area contributed by atoms with E-state index in [1.165, 1.54) is 25.7 Å². The Balaban J connectivity index is 0.000000141. The number of nitrogens with one attached hydrogen (secondary N) is 2. The minimum Gasteiger partial charge on any atom is -0.310 e. The summed E-state index contributed by atoms with van der Waals surface area (Å²) in [6.45, 7) is 8.57. The van der Waals surface area contributed by atoms with Crippen LogP contribution in [0.2, 0.25) is 0 Å². The Morgan fingerprint density at radius 3 is 1.54 bits per heavy atom. The van der Waals surface area contributed by atoms with Crippen LogP contribution in [0.3, 0.4) is 0 Å². The van der Waals surface area contributed by atoms with Crippen LogP contribution < -0.4 is 10.6 Å². The first kappa shape index (κ1) is 17.3. The molecule has 4 nitrogen and oxygen atoms in total. The van der Waals surface area contributed by atoms with Gasteiger partial charge in [-0.25, -0.2) is 0 Å².